The van der Waals surface area contributed by atoms with Crippen LogP contribution in [0, 0.1) is 13.8 Å². The molecule has 1 heterocycles. The predicted octanol–water partition coefficient (Wildman–Crippen LogP) is 2.54. The van der Waals surface area contributed by atoms with E-state index in [-0.39, 0.29) is 18.9 Å². The monoisotopic (exact) mass is 305 g/mol. The molecule has 1 aliphatic heterocycles. The number of nitrogens with zero attached hydrogens (tertiary/aromatic N) is 1. The van der Waals surface area contributed by atoms with E-state index >= 15 is 0 Å². The molecule has 1 atom stereocenters. The average molecular weight is 305 g/mol. The first-order chi connectivity index (χ1) is 10.5. The van der Waals surface area contributed by atoms with Crippen molar-refractivity contribution in [2.24, 2.45) is 0 Å². The number of carboxylic acids is 1. The summed E-state index contributed by atoms with van der Waals surface area (Å²) >= 11 is 0. The van der Waals surface area contributed by atoms with Gasteiger partial charge in [-0.15, -0.1) is 0 Å². The van der Waals surface area contributed by atoms with E-state index < -0.39 is 12.0 Å². The molecule has 1 aromatic rings. The SMILES string of the molecule is Cc1ccc(C)c(OCCC(=O)N2CCCCC2C(=O)O)c1. The number of carbonyl (C=O) groups excluding carboxylic acids is 1. The summed E-state index contributed by atoms with van der Waals surface area (Å²) in [6.07, 6.45) is 2.48. The van der Waals surface area contributed by atoms with Gasteiger partial charge in [-0.3, -0.25) is 4.79 Å². The van der Waals surface area contributed by atoms with Crippen molar-refractivity contribution in [2.75, 3.05) is 13.2 Å². The number of aryl methyl sites for hydroxylation is 2. The molecule has 0 spiro atoms. The fourth-order valence-corrected chi connectivity index (χ4v) is 2.74. The number of rotatable bonds is 5. The van der Waals surface area contributed by atoms with Crippen molar-refractivity contribution in [1.29, 1.82) is 0 Å². The van der Waals surface area contributed by atoms with E-state index in [0.717, 1.165) is 29.7 Å². The van der Waals surface area contributed by atoms with Crippen LogP contribution >= 0.6 is 0 Å². The zero-order valence-electron chi connectivity index (χ0n) is 13.2. The Morgan fingerprint density at radius 3 is 2.82 bits per heavy atom. The van der Waals surface area contributed by atoms with Gasteiger partial charge in [0.25, 0.3) is 0 Å². The Morgan fingerprint density at radius 1 is 1.32 bits per heavy atom. The molecule has 1 aliphatic rings. The Morgan fingerprint density at radius 2 is 2.09 bits per heavy atom. The molecule has 1 aromatic carbocycles. The van der Waals surface area contributed by atoms with Gasteiger partial charge in [-0.25, -0.2) is 4.79 Å². The fourth-order valence-electron chi connectivity index (χ4n) is 2.74. The second-order valence-corrected chi connectivity index (χ2v) is 5.80. The molecule has 0 aromatic heterocycles. The number of likely N-dealkylation sites (tertiary alicyclic amines) is 1. The van der Waals surface area contributed by atoms with Gasteiger partial charge in [0.05, 0.1) is 13.0 Å². The minimum absolute atomic E-state index is 0.141. The van der Waals surface area contributed by atoms with Crippen molar-refractivity contribution in [2.45, 2.75) is 45.6 Å². The van der Waals surface area contributed by atoms with Crippen molar-refractivity contribution in [1.82, 2.24) is 4.90 Å². The first kappa shape index (κ1) is 16.3. The second kappa shape index (κ2) is 7.29. The van der Waals surface area contributed by atoms with Gasteiger partial charge in [-0.05, 0) is 50.3 Å². The molecule has 1 unspecified atom stereocenters. The van der Waals surface area contributed by atoms with E-state index in [2.05, 4.69) is 0 Å². The third kappa shape index (κ3) is 4.00. The summed E-state index contributed by atoms with van der Waals surface area (Å²) in [5, 5.41) is 9.20. The standard InChI is InChI=1S/C17H23NO4/c1-12-6-7-13(2)15(11-12)22-10-8-16(19)18-9-4-3-5-14(18)17(20)21/h6-7,11,14H,3-5,8-10H2,1-2H3,(H,20,21). The number of aliphatic carboxylic acids is 1. The summed E-state index contributed by atoms with van der Waals surface area (Å²) < 4.78 is 5.68. The summed E-state index contributed by atoms with van der Waals surface area (Å²) in [5.41, 5.74) is 2.13. The lowest BCUT2D eigenvalue weighted by Crippen LogP contribution is -2.48. The molecular weight excluding hydrogens is 282 g/mol. The number of carbonyl (C=O) groups is 2. The first-order valence-corrected chi connectivity index (χ1v) is 7.71. The highest BCUT2D eigenvalue weighted by Crippen LogP contribution is 2.21. The van der Waals surface area contributed by atoms with Gasteiger partial charge in [-0.1, -0.05) is 12.1 Å². The highest BCUT2D eigenvalue weighted by molar-refractivity contribution is 5.83. The average Bonchev–Trinajstić information content (AvgIpc) is 2.50. The third-order valence-electron chi connectivity index (χ3n) is 4.03. The van der Waals surface area contributed by atoms with Crippen molar-refractivity contribution in [3.8, 4) is 5.75 Å². The maximum atomic E-state index is 12.2. The Balaban J connectivity index is 1.89. The topological polar surface area (TPSA) is 66.8 Å². The Labute approximate surface area is 130 Å². The lowest BCUT2D eigenvalue weighted by Gasteiger charge is -2.33. The molecule has 5 nitrogen and oxygen atoms in total. The normalized spacial score (nSPS) is 18.1. The van der Waals surface area contributed by atoms with Crippen molar-refractivity contribution in [3.63, 3.8) is 0 Å². The van der Waals surface area contributed by atoms with E-state index in [9.17, 15) is 14.7 Å². The largest absolute Gasteiger partial charge is 0.493 e. The third-order valence-corrected chi connectivity index (χ3v) is 4.03. The quantitative estimate of drug-likeness (QED) is 0.908. The van der Waals surface area contributed by atoms with Crippen molar-refractivity contribution < 1.29 is 19.4 Å². The van der Waals surface area contributed by atoms with Crippen LogP contribution in [-0.2, 0) is 9.59 Å². The molecule has 5 heteroatoms. The van der Waals surface area contributed by atoms with Gasteiger partial charge >= 0.3 is 5.97 Å². The Kier molecular flexibility index (Phi) is 5.41. The minimum atomic E-state index is -0.913. The van der Waals surface area contributed by atoms with E-state index in [1.54, 1.807) is 0 Å². The van der Waals surface area contributed by atoms with Crippen molar-refractivity contribution >= 4 is 11.9 Å². The summed E-state index contributed by atoms with van der Waals surface area (Å²) in [6.45, 7) is 4.75. The van der Waals surface area contributed by atoms with Gasteiger partial charge in [0.2, 0.25) is 5.91 Å². The fraction of sp³-hybridized carbons (Fsp3) is 0.529. The molecule has 1 saturated heterocycles. The first-order valence-electron chi connectivity index (χ1n) is 7.71. The molecular formula is C17H23NO4. The number of piperidine rings is 1. The molecule has 1 fully saturated rings. The van der Waals surface area contributed by atoms with Crippen LogP contribution in [0.4, 0.5) is 0 Å². The van der Waals surface area contributed by atoms with Gasteiger partial charge in [0.15, 0.2) is 0 Å². The zero-order chi connectivity index (χ0) is 16.1. The summed E-state index contributed by atoms with van der Waals surface area (Å²) in [5.74, 6) is -0.276. The predicted molar refractivity (Wildman–Crippen MR) is 83.0 cm³/mol. The second-order valence-electron chi connectivity index (χ2n) is 5.80. The molecule has 0 radical (unpaired) electrons. The van der Waals surface area contributed by atoms with Crippen LogP contribution in [0.5, 0.6) is 5.75 Å². The molecule has 22 heavy (non-hydrogen) atoms. The van der Waals surface area contributed by atoms with Crippen LogP contribution < -0.4 is 4.74 Å². The van der Waals surface area contributed by atoms with Crippen LogP contribution in [0.15, 0.2) is 18.2 Å². The van der Waals surface area contributed by atoms with Crippen LogP contribution in [-0.4, -0.2) is 41.1 Å². The molecule has 0 saturated carbocycles. The highest BCUT2D eigenvalue weighted by atomic mass is 16.5. The smallest absolute Gasteiger partial charge is 0.326 e. The molecule has 0 bridgehead atoms. The highest BCUT2D eigenvalue weighted by Gasteiger charge is 2.31. The van der Waals surface area contributed by atoms with Crippen LogP contribution in [0.1, 0.15) is 36.8 Å². The number of amides is 1. The number of ether oxygens (including phenoxy) is 1. The number of hydrogen-bond acceptors (Lipinski definition) is 3. The van der Waals surface area contributed by atoms with Gasteiger partial charge in [0.1, 0.15) is 11.8 Å². The number of carboxylic acid groups (broad SMARTS) is 1. The maximum absolute atomic E-state index is 12.2. The lowest BCUT2D eigenvalue weighted by atomic mass is 10.0. The summed E-state index contributed by atoms with van der Waals surface area (Å²) in [7, 11) is 0. The van der Waals surface area contributed by atoms with E-state index in [1.165, 1.54) is 4.90 Å². The zero-order valence-corrected chi connectivity index (χ0v) is 13.2. The van der Waals surface area contributed by atoms with Crippen molar-refractivity contribution in [3.05, 3.63) is 29.3 Å². The molecule has 120 valence electrons. The van der Waals surface area contributed by atoms with Gasteiger partial charge < -0.3 is 14.7 Å². The van der Waals surface area contributed by atoms with E-state index in [4.69, 9.17) is 4.74 Å². The number of hydrogen-bond donors (Lipinski definition) is 1. The minimum Gasteiger partial charge on any atom is -0.493 e. The lowest BCUT2D eigenvalue weighted by molar-refractivity contribution is -0.152. The molecule has 2 rings (SSSR count). The summed E-state index contributed by atoms with van der Waals surface area (Å²) in [6, 6.07) is 5.26. The van der Waals surface area contributed by atoms with E-state index in [0.29, 0.717) is 13.0 Å². The van der Waals surface area contributed by atoms with Crippen LogP contribution in [0.2, 0.25) is 0 Å². The van der Waals surface area contributed by atoms with Crippen LogP contribution in [0.3, 0.4) is 0 Å². The van der Waals surface area contributed by atoms with Crippen LogP contribution in [0.25, 0.3) is 0 Å². The molecule has 1 N–H and O–H groups in total. The van der Waals surface area contributed by atoms with Gasteiger partial charge in [-0.2, -0.15) is 0 Å². The van der Waals surface area contributed by atoms with Gasteiger partial charge in [0, 0.05) is 6.54 Å². The molecule has 0 aliphatic carbocycles. The number of benzene rings is 1. The van der Waals surface area contributed by atoms with E-state index in [1.807, 2.05) is 32.0 Å². The maximum Gasteiger partial charge on any atom is 0.326 e. The summed E-state index contributed by atoms with van der Waals surface area (Å²) in [4.78, 5) is 24.9. The Hall–Kier alpha value is -2.04. The Bertz CT molecular complexity index is 556. The molecule has 1 amide bonds.